The van der Waals surface area contributed by atoms with E-state index in [9.17, 15) is 23.4 Å². The van der Waals surface area contributed by atoms with E-state index in [2.05, 4.69) is 15.0 Å². The number of nitrogens with zero attached hydrogens (tertiary/aromatic N) is 2. The molecule has 3 rings (SSSR count). The number of imidazole rings is 1. The minimum atomic E-state index is -4.41. The predicted octanol–water partition coefficient (Wildman–Crippen LogP) is 3.78. The Morgan fingerprint density at radius 2 is 2.04 bits per heavy atom. The molecule has 5 nitrogen and oxygen atoms in total. The second kappa shape index (κ2) is 6.57. The zero-order valence-electron chi connectivity index (χ0n) is 13.1. The van der Waals surface area contributed by atoms with Crippen molar-refractivity contribution in [1.29, 1.82) is 0 Å². The summed E-state index contributed by atoms with van der Waals surface area (Å²) in [7, 11) is 0. The molecule has 0 atom stereocenters. The number of aromatic nitrogens is 3. The summed E-state index contributed by atoms with van der Waals surface area (Å²) in [6, 6.07) is 3.32. The maximum atomic E-state index is 12.8. The SMILES string of the molecule is Cc1ncc(CSc2nc3ccc(C(F)(F)F)cc3[nH]2)c(CO)c1O. The van der Waals surface area contributed by atoms with Crippen molar-refractivity contribution in [1.82, 2.24) is 15.0 Å². The molecule has 132 valence electrons. The molecule has 3 aromatic rings. The van der Waals surface area contributed by atoms with Crippen molar-refractivity contribution in [3.8, 4) is 5.75 Å². The number of aryl methyl sites for hydroxylation is 1. The molecule has 0 aliphatic heterocycles. The molecule has 0 fully saturated rings. The minimum Gasteiger partial charge on any atom is -0.506 e. The summed E-state index contributed by atoms with van der Waals surface area (Å²) < 4.78 is 38.3. The third kappa shape index (κ3) is 3.57. The van der Waals surface area contributed by atoms with Gasteiger partial charge in [0.2, 0.25) is 0 Å². The zero-order chi connectivity index (χ0) is 18.2. The Morgan fingerprint density at radius 3 is 2.72 bits per heavy atom. The molecule has 25 heavy (non-hydrogen) atoms. The van der Waals surface area contributed by atoms with E-state index in [-0.39, 0.29) is 12.4 Å². The molecule has 0 amide bonds. The number of aliphatic hydroxyl groups excluding tert-OH is 1. The first-order valence-corrected chi connectivity index (χ1v) is 8.25. The number of pyridine rings is 1. The Bertz CT molecular complexity index is 925. The van der Waals surface area contributed by atoms with Gasteiger partial charge >= 0.3 is 6.18 Å². The molecule has 0 spiro atoms. The van der Waals surface area contributed by atoms with Crippen LogP contribution in [0, 0.1) is 6.92 Å². The monoisotopic (exact) mass is 369 g/mol. The quantitative estimate of drug-likeness (QED) is 0.610. The number of thioether (sulfide) groups is 1. The van der Waals surface area contributed by atoms with Crippen molar-refractivity contribution < 1.29 is 23.4 Å². The van der Waals surface area contributed by atoms with Gasteiger partial charge in [-0.3, -0.25) is 4.98 Å². The number of benzene rings is 1. The van der Waals surface area contributed by atoms with Gasteiger partial charge in [0.15, 0.2) is 5.16 Å². The van der Waals surface area contributed by atoms with E-state index in [0.29, 0.717) is 38.8 Å². The van der Waals surface area contributed by atoms with Gasteiger partial charge in [-0.25, -0.2) is 4.98 Å². The number of aromatic hydroxyl groups is 1. The summed E-state index contributed by atoms with van der Waals surface area (Å²) in [6.45, 7) is 1.29. The van der Waals surface area contributed by atoms with E-state index < -0.39 is 11.7 Å². The smallest absolute Gasteiger partial charge is 0.416 e. The van der Waals surface area contributed by atoms with Crippen LogP contribution < -0.4 is 0 Å². The highest BCUT2D eigenvalue weighted by atomic mass is 32.2. The molecule has 2 aromatic heterocycles. The molecule has 1 aromatic carbocycles. The lowest BCUT2D eigenvalue weighted by molar-refractivity contribution is -0.137. The third-order valence-electron chi connectivity index (χ3n) is 3.74. The van der Waals surface area contributed by atoms with Gasteiger partial charge in [0.05, 0.1) is 28.9 Å². The van der Waals surface area contributed by atoms with Crippen LogP contribution in [0.5, 0.6) is 5.75 Å². The molecule has 0 aliphatic rings. The lowest BCUT2D eigenvalue weighted by atomic mass is 10.1. The van der Waals surface area contributed by atoms with Gasteiger partial charge < -0.3 is 15.2 Å². The molecule has 0 saturated heterocycles. The van der Waals surface area contributed by atoms with Crippen LogP contribution in [0.25, 0.3) is 11.0 Å². The maximum Gasteiger partial charge on any atom is 0.416 e. The molecule has 3 N–H and O–H groups in total. The summed E-state index contributed by atoms with van der Waals surface area (Å²) in [5.41, 5.74) is 1.42. The van der Waals surface area contributed by atoms with Gasteiger partial charge in [0.25, 0.3) is 0 Å². The van der Waals surface area contributed by atoms with Crippen molar-refractivity contribution in [2.45, 2.75) is 30.6 Å². The normalized spacial score (nSPS) is 12.0. The molecule has 2 heterocycles. The van der Waals surface area contributed by atoms with Crippen LogP contribution in [0.4, 0.5) is 13.2 Å². The number of alkyl halides is 3. The largest absolute Gasteiger partial charge is 0.506 e. The molecular weight excluding hydrogens is 355 g/mol. The number of aromatic amines is 1. The molecule has 0 aliphatic carbocycles. The zero-order valence-corrected chi connectivity index (χ0v) is 13.9. The number of hydrogen-bond acceptors (Lipinski definition) is 5. The molecule has 0 radical (unpaired) electrons. The van der Waals surface area contributed by atoms with E-state index in [0.717, 1.165) is 12.1 Å². The summed E-state index contributed by atoms with van der Waals surface area (Å²) in [5, 5.41) is 19.8. The Hall–Kier alpha value is -2.26. The summed E-state index contributed by atoms with van der Waals surface area (Å²) in [6.07, 6.45) is -2.86. The number of H-pyrrole nitrogens is 1. The van der Waals surface area contributed by atoms with Crippen LogP contribution in [0.2, 0.25) is 0 Å². The van der Waals surface area contributed by atoms with Crippen LogP contribution in [0.15, 0.2) is 29.6 Å². The van der Waals surface area contributed by atoms with Gasteiger partial charge in [-0.1, -0.05) is 11.8 Å². The summed E-state index contributed by atoms with van der Waals surface area (Å²) in [5.74, 6) is 0.294. The Morgan fingerprint density at radius 1 is 1.28 bits per heavy atom. The average molecular weight is 369 g/mol. The van der Waals surface area contributed by atoms with E-state index in [1.807, 2.05) is 0 Å². The Kier molecular flexibility index (Phi) is 4.61. The van der Waals surface area contributed by atoms with Crippen LogP contribution in [-0.4, -0.2) is 25.2 Å². The second-order valence-electron chi connectivity index (χ2n) is 5.41. The van der Waals surface area contributed by atoms with E-state index in [1.54, 1.807) is 13.1 Å². The highest BCUT2D eigenvalue weighted by Gasteiger charge is 2.30. The van der Waals surface area contributed by atoms with Crippen LogP contribution in [0.3, 0.4) is 0 Å². The maximum absolute atomic E-state index is 12.8. The van der Waals surface area contributed by atoms with Crippen LogP contribution >= 0.6 is 11.8 Å². The summed E-state index contributed by atoms with van der Waals surface area (Å²) >= 11 is 1.25. The van der Waals surface area contributed by atoms with Crippen molar-refractivity contribution >= 4 is 22.8 Å². The highest BCUT2D eigenvalue weighted by molar-refractivity contribution is 7.98. The molecular formula is C16H14F3N3O2S. The van der Waals surface area contributed by atoms with Crippen molar-refractivity contribution in [2.75, 3.05) is 0 Å². The van der Waals surface area contributed by atoms with Crippen molar-refractivity contribution in [3.63, 3.8) is 0 Å². The van der Waals surface area contributed by atoms with Gasteiger partial charge in [0, 0.05) is 17.5 Å². The Labute approximate surface area is 144 Å². The molecule has 0 saturated carbocycles. The van der Waals surface area contributed by atoms with Gasteiger partial charge in [-0.2, -0.15) is 13.2 Å². The summed E-state index contributed by atoms with van der Waals surface area (Å²) in [4.78, 5) is 11.1. The molecule has 9 heteroatoms. The minimum absolute atomic E-state index is 0.0555. The highest BCUT2D eigenvalue weighted by Crippen LogP contribution is 2.33. The fraction of sp³-hybridized carbons (Fsp3) is 0.250. The number of fused-ring (bicyclic) bond motifs is 1. The first-order chi connectivity index (χ1) is 11.8. The lowest BCUT2D eigenvalue weighted by Gasteiger charge is -2.09. The van der Waals surface area contributed by atoms with E-state index >= 15 is 0 Å². The topological polar surface area (TPSA) is 82.0 Å². The molecule has 0 bridgehead atoms. The van der Waals surface area contributed by atoms with Crippen LogP contribution in [0.1, 0.15) is 22.4 Å². The van der Waals surface area contributed by atoms with Crippen LogP contribution in [-0.2, 0) is 18.5 Å². The third-order valence-corrected chi connectivity index (χ3v) is 4.66. The van der Waals surface area contributed by atoms with Gasteiger partial charge in [0.1, 0.15) is 5.75 Å². The standard InChI is InChI=1S/C16H14F3N3O2S/c1-8-14(24)11(6-23)9(5-20-8)7-25-15-21-12-3-2-10(16(17,18)19)4-13(12)22-15/h2-5,23-24H,6-7H2,1H3,(H,21,22). The van der Waals surface area contributed by atoms with E-state index in [4.69, 9.17) is 0 Å². The number of rotatable bonds is 4. The second-order valence-corrected chi connectivity index (χ2v) is 6.38. The number of nitrogens with one attached hydrogen (secondary N) is 1. The number of hydrogen-bond donors (Lipinski definition) is 3. The number of halogens is 3. The predicted molar refractivity (Wildman–Crippen MR) is 87.2 cm³/mol. The fourth-order valence-electron chi connectivity index (χ4n) is 2.36. The lowest BCUT2D eigenvalue weighted by Crippen LogP contribution is -2.04. The first-order valence-electron chi connectivity index (χ1n) is 7.26. The molecule has 0 unspecified atom stereocenters. The number of aliphatic hydroxyl groups is 1. The van der Waals surface area contributed by atoms with Crippen molar-refractivity contribution in [2.24, 2.45) is 0 Å². The van der Waals surface area contributed by atoms with E-state index in [1.165, 1.54) is 17.8 Å². The first kappa shape index (κ1) is 17.6. The van der Waals surface area contributed by atoms with Crippen molar-refractivity contribution in [3.05, 3.63) is 46.8 Å². The van der Waals surface area contributed by atoms with Gasteiger partial charge in [-0.05, 0) is 30.7 Å². The fourth-order valence-corrected chi connectivity index (χ4v) is 3.25. The van der Waals surface area contributed by atoms with Gasteiger partial charge in [-0.15, -0.1) is 0 Å². The Balaban J connectivity index is 1.83. The average Bonchev–Trinajstić information content (AvgIpc) is 2.97.